The molecule has 4 heterocycles. The molecule has 2 aliphatic rings. The van der Waals surface area contributed by atoms with Gasteiger partial charge in [0.25, 0.3) is 0 Å². The highest BCUT2D eigenvalue weighted by Crippen LogP contribution is 2.36. The van der Waals surface area contributed by atoms with Gasteiger partial charge in [-0.3, -0.25) is 9.80 Å². The number of ether oxygens (including phenoxy) is 2. The number of aromatic amines is 2. The van der Waals surface area contributed by atoms with Gasteiger partial charge in [-0.1, -0.05) is 62.4 Å². The van der Waals surface area contributed by atoms with Crippen molar-refractivity contribution in [3.63, 3.8) is 0 Å². The molecule has 53 heavy (non-hydrogen) atoms. The van der Waals surface area contributed by atoms with Gasteiger partial charge < -0.3 is 29.9 Å². The first-order valence-electron chi connectivity index (χ1n) is 17.8. The number of rotatable bonds is 11. The summed E-state index contributed by atoms with van der Waals surface area (Å²) in [6.07, 6.45) is 3.27. The van der Waals surface area contributed by atoms with Crippen molar-refractivity contribution in [1.82, 2.24) is 35.1 Å². The zero-order valence-electron chi connectivity index (χ0n) is 29.8. The van der Waals surface area contributed by atoms with Crippen LogP contribution in [-0.2, 0) is 9.47 Å². The van der Waals surface area contributed by atoms with Crippen LogP contribution < -0.4 is 5.32 Å². The quantitative estimate of drug-likeness (QED) is 0.108. The molecule has 2 aromatic heterocycles. The van der Waals surface area contributed by atoms with Gasteiger partial charge in [0.1, 0.15) is 11.6 Å². The van der Waals surface area contributed by atoms with E-state index in [2.05, 4.69) is 67.7 Å². The normalized spacial score (nSPS) is 19.8. The van der Waals surface area contributed by atoms with Crippen molar-refractivity contribution in [3.05, 3.63) is 84.7 Å². The molecule has 2 saturated heterocycles. The van der Waals surface area contributed by atoms with E-state index in [1.807, 2.05) is 36.9 Å². The van der Waals surface area contributed by atoms with Gasteiger partial charge in [-0.15, -0.1) is 0 Å². The lowest BCUT2D eigenvalue weighted by molar-refractivity contribution is -0.158. The fourth-order valence-electron chi connectivity index (χ4n) is 7.50. The topological polar surface area (TPSA) is 149 Å². The molecule has 14 heteroatoms. The zero-order valence-corrected chi connectivity index (χ0v) is 29.8. The molecule has 7 rings (SSSR count). The van der Waals surface area contributed by atoms with Crippen LogP contribution >= 0.6 is 0 Å². The van der Waals surface area contributed by atoms with Gasteiger partial charge in [0.05, 0.1) is 49.1 Å². The van der Waals surface area contributed by atoms with Crippen LogP contribution in [0.4, 0.5) is 18.4 Å². The second-order valence-corrected chi connectivity index (χ2v) is 14.1. The fourth-order valence-corrected chi connectivity index (χ4v) is 7.50. The maximum atomic E-state index is 13.2. The maximum absolute atomic E-state index is 13.2. The molecule has 3 aromatic carbocycles. The summed E-state index contributed by atoms with van der Waals surface area (Å²) in [5.74, 6) is 1.39. The summed E-state index contributed by atoms with van der Waals surface area (Å²) in [4.78, 5) is 43.0. The summed E-state index contributed by atoms with van der Waals surface area (Å²) in [5.41, 5.74) is 5.66. The zero-order chi connectivity index (χ0) is 37.2. The number of carbonyl (C=O) groups excluding carboxylic acids is 1. The van der Waals surface area contributed by atoms with Gasteiger partial charge in [0.2, 0.25) is 0 Å². The van der Waals surface area contributed by atoms with E-state index in [9.17, 15) is 23.5 Å². The largest absolute Gasteiger partial charge is 0.465 e. The van der Waals surface area contributed by atoms with Crippen molar-refractivity contribution in [2.75, 3.05) is 26.7 Å². The van der Waals surface area contributed by atoms with E-state index in [0.29, 0.717) is 31.2 Å². The van der Waals surface area contributed by atoms with E-state index in [1.54, 1.807) is 12.4 Å². The number of likely N-dealkylation sites (tertiary alicyclic amines) is 2. The average molecular weight is 728 g/mol. The number of nitrogens with zero attached hydrogens (tertiary/aromatic N) is 4. The lowest BCUT2D eigenvalue weighted by Crippen LogP contribution is -2.47. The molecular formula is C39H43F2N7O5. The fraction of sp³-hybridized carbons (Fsp3) is 0.385. The molecule has 0 radical (unpaired) electrons. The standard InChI is InChI=1S/C39H43F2N7O5/c1-22(2)32(46-38(49)52-3)21-47-20-29(53-37(40)41)17-34(47)36-43-18-30(44-36)24-8-6-23(7-9-24)25-10-11-27-16-28(13-12-26(27)15-25)31-19-42-35(45-31)33-5-4-14-48(33)39(50)51/h6-13,15-16,18-19,22,29,32-34,37H,4-5,14,17,20-21H2,1-3H3,(H,42,45)(H,43,44)(H,46,49)(H,50,51). The minimum absolute atomic E-state index is 0.0718. The molecule has 0 saturated carbocycles. The van der Waals surface area contributed by atoms with Gasteiger partial charge in [0, 0.05) is 31.2 Å². The summed E-state index contributed by atoms with van der Waals surface area (Å²) >= 11 is 0. The summed E-state index contributed by atoms with van der Waals surface area (Å²) in [7, 11) is 1.31. The number of benzene rings is 3. The number of alkyl carbamates (subject to hydrolysis) is 1. The predicted octanol–water partition coefficient (Wildman–Crippen LogP) is 7.84. The monoisotopic (exact) mass is 727 g/mol. The van der Waals surface area contributed by atoms with E-state index < -0.39 is 24.9 Å². The molecule has 12 nitrogen and oxygen atoms in total. The minimum atomic E-state index is -2.88. The second kappa shape index (κ2) is 15.3. The first-order valence-corrected chi connectivity index (χ1v) is 17.8. The van der Waals surface area contributed by atoms with E-state index in [4.69, 9.17) is 9.47 Å². The number of nitrogens with one attached hydrogen (secondary N) is 3. The van der Waals surface area contributed by atoms with Gasteiger partial charge in [-0.2, -0.15) is 8.78 Å². The van der Waals surface area contributed by atoms with Crippen molar-refractivity contribution < 1.29 is 33.0 Å². The van der Waals surface area contributed by atoms with Crippen LogP contribution in [0, 0.1) is 5.92 Å². The first-order chi connectivity index (χ1) is 25.6. The summed E-state index contributed by atoms with van der Waals surface area (Å²) in [6, 6.07) is 19.9. The number of imidazole rings is 2. The van der Waals surface area contributed by atoms with Gasteiger partial charge >= 0.3 is 18.8 Å². The highest BCUT2D eigenvalue weighted by molar-refractivity contribution is 5.90. The summed E-state index contributed by atoms with van der Waals surface area (Å²) in [5, 5.41) is 14.5. The van der Waals surface area contributed by atoms with Crippen LogP contribution in [0.15, 0.2) is 73.1 Å². The van der Waals surface area contributed by atoms with Crippen LogP contribution in [0.1, 0.15) is 56.8 Å². The van der Waals surface area contributed by atoms with Gasteiger partial charge in [-0.05, 0) is 64.8 Å². The van der Waals surface area contributed by atoms with Crippen LogP contribution in [-0.4, -0.2) is 92.5 Å². The molecule has 4 atom stereocenters. The van der Waals surface area contributed by atoms with Crippen LogP contribution in [0.5, 0.6) is 0 Å². The van der Waals surface area contributed by atoms with Crippen molar-refractivity contribution in [3.8, 4) is 33.6 Å². The minimum Gasteiger partial charge on any atom is -0.465 e. The van der Waals surface area contributed by atoms with E-state index in [1.165, 1.54) is 12.0 Å². The first kappa shape index (κ1) is 36.0. The molecule has 0 aliphatic carbocycles. The highest BCUT2D eigenvalue weighted by Gasteiger charge is 2.38. The van der Waals surface area contributed by atoms with Crippen LogP contribution in [0.3, 0.4) is 0 Å². The third-order valence-electron chi connectivity index (χ3n) is 10.4. The Bertz CT molecular complexity index is 2070. The Labute approximate surface area is 305 Å². The number of carbonyl (C=O) groups is 2. The Kier molecular flexibility index (Phi) is 10.4. The number of carboxylic acid groups (broad SMARTS) is 1. The Hall–Kier alpha value is -5.34. The Morgan fingerprint density at radius 1 is 0.906 bits per heavy atom. The molecule has 278 valence electrons. The van der Waals surface area contributed by atoms with Gasteiger partial charge in [0.15, 0.2) is 0 Å². The van der Waals surface area contributed by atoms with E-state index >= 15 is 0 Å². The number of methoxy groups -OCH3 is 1. The van der Waals surface area contributed by atoms with Crippen molar-refractivity contribution in [1.29, 1.82) is 0 Å². The maximum Gasteiger partial charge on any atom is 0.407 e. The molecule has 2 amide bonds. The van der Waals surface area contributed by atoms with E-state index in [-0.39, 0.29) is 30.6 Å². The molecule has 2 aliphatic heterocycles. The number of H-pyrrole nitrogens is 2. The third kappa shape index (κ3) is 7.88. The lowest BCUT2D eigenvalue weighted by Gasteiger charge is -2.30. The summed E-state index contributed by atoms with van der Waals surface area (Å²) < 4.78 is 36.1. The molecule has 4 unspecified atom stereocenters. The molecule has 4 N–H and O–H groups in total. The van der Waals surface area contributed by atoms with Crippen LogP contribution in [0.25, 0.3) is 44.4 Å². The lowest BCUT2D eigenvalue weighted by atomic mass is 9.98. The Balaban J connectivity index is 1.05. The number of amides is 2. The molecule has 5 aromatic rings. The number of fused-ring (bicyclic) bond motifs is 1. The van der Waals surface area contributed by atoms with Crippen molar-refractivity contribution in [2.45, 2.75) is 64.0 Å². The molecular weight excluding hydrogens is 684 g/mol. The Morgan fingerprint density at radius 2 is 1.51 bits per heavy atom. The number of hydrogen-bond acceptors (Lipinski definition) is 7. The SMILES string of the molecule is COC(=O)NC(CN1CC(OC(F)F)CC1c1ncc(-c2ccc(-c3ccc4cc(-c5cnc(C6CCCN6C(=O)O)[nH]5)ccc4c3)cc2)[nH]1)C(C)C. The smallest absolute Gasteiger partial charge is 0.407 e. The average Bonchev–Trinajstić information content (AvgIpc) is 3.97. The number of halogens is 2. The van der Waals surface area contributed by atoms with Crippen LogP contribution in [0.2, 0.25) is 0 Å². The summed E-state index contributed by atoms with van der Waals surface area (Å²) in [6.45, 7) is 2.29. The number of aromatic nitrogens is 4. The van der Waals surface area contributed by atoms with Crippen molar-refractivity contribution in [2.24, 2.45) is 5.92 Å². The third-order valence-corrected chi connectivity index (χ3v) is 10.4. The number of alkyl halides is 2. The van der Waals surface area contributed by atoms with E-state index in [0.717, 1.165) is 57.3 Å². The second-order valence-electron chi connectivity index (χ2n) is 14.1. The highest BCUT2D eigenvalue weighted by atomic mass is 19.3. The molecule has 0 bridgehead atoms. The molecule has 0 spiro atoms. The Morgan fingerprint density at radius 3 is 2.15 bits per heavy atom. The number of hydrogen-bond donors (Lipinski definition) is 4. The molecule has 2 fully saturated rings. The van der Waals surface area contributed by atoms with Gasteiger partial charge in [-0.25, -0.2) is 19.6 Å². The predicted molar refractivity (Wildman–Crippen MR) is 195 cm³/mol. The van der Waals surface area contributed by atoms with Crippen molar-refractivity contribution >= 4 is 23.0 Å².